The van der Waals surface area contributed by atoms with Gasteiger partial charge in [0.2, 0.25) is 10.0 Å². The molecule has 1 saturated heterocycles. The van der Waals surface area contributed by atoms with Crippen LogP contribution in [0.2, 0.25) is 0 Å². The van der Waals surface area contributed by atoms with Crippen LogP contribution >= 0.6 is 0 Å². The van der Waals surface area contributed by atoms with E-state index in [-0.39, 0.29) is 17.9 Å². The molecule has 1 fully saturated rings. The fourth-order valence-corrected chi connectivity index (χ4v) is 6.18. The number of sulfonamides is 1. The average molecular weight is 433 g/mol. The Bertz CT molecular complexity index is 1110. The summed E-state index contributed by atoms with van der Waals surface area (Å²) < 4.78 is 51.9. The third-order valence-corrected chi connectivity index (χ3v) is 8.86. The number of benzene rings is 2. The van der Waals surface area contributed by atoms with Crippen LogP contribution in [0.15, 0.2) is 48.5 Å². The van der Waals surface area contributed by atoms with Crippen molar-refractivity contribution in [2.45, 2.75) is 37.5 Å². The Kier molecular flexibility index (Phi) is 6.13. The summed E-state index contributed by atoms with van der Waals surface area (Å²) in [6, 6.07) is 14.3. The molecule has 0 spiro atoms. The van der Waals surface area contributed by atoms with Gasteiger partial charge < -0.3 is 0 Å². The van der Waals surface area contributed by atoms with Crippen LogP contribution in [0.3, 0.4) is 0 Å². The Hall–Kier alpha value is -2.21. The lowest BCUT2D eigenvalue weighted by atomic mass is 9.90. The highest BCUT2D eigenvalue weighted by Gasteiger charge is 2.36. The monoisotopic (exact) mass is 432 g/mol. The van der Waals surface area contributed by atoms with Crippen LogP contribution in [-0.4, -0.2) is 39.6 Å². The molecule has 0 amide bonds. The Morgan fingerprint density at radius 1 is 1.03 bits per heavy atom. The Labute approximate surface area is 172 Å². The molecule has 2 atom stereocenters. The van der Waals surface area contributed by atoms with E-state index in [1.54, 1.807) is 26.0 Å². The van der Waals surface area contributed by atoms with E-state index < -0.39 is 37.1 Å². The normalized spacial score (nSPS) is 21.6. The fourth-order valence-electron chi connectivity index (χ4n) is 3.45. The van der Waals surface area contributed by atoms with Crippen molar-refractivity contribution in [2.24, 2.45) is 0 Å². The van der Waals surface area contributed by atoms with Crippen molar-refractivity contribution in [3.8, 4) is 11.1 Å². The topological polar surface area (TPSA) is 84.7 Å². The second-order valence-corrected chi connectivity index (χ2v) is 12.1. The SMILES string of the molecule is [C-]#[N+]c1ccc(-c2ccc(C3CS(=O)(=O)CCC3NS(=O)(=O)C(C)C)cc2)cc1. The van der Waals surface area contributed by atoms with Gasteiger partial charge in [-0.1, -0.05) is 48.5 Å². The first-order valence-corrected chi connectivity index (χ1v) is 12.8. The van der Waals surface area contributed by atoms with Gasteiger partial charge in [0, 0.05) is 12.0 Å². The standard InChI is InChI=1S/C21H24N2O4S2/c1-15(2)29(26,27)23-21-12-13-28(24,25)14-20(21)18-6-4-16(5-7-18)17-8-10-19(22-3)11-9-17/h4-11,15,20-21,23H,12-14H2,1-2H3. The van der Waals surface area contributed by atoms with Crippen molar-refractivity contribution in [3.63, 3.8) is 0 Å². The van der Waals surface area contributed by atoms with Gasteiger partial charge in [-0.15, -0.1) is 0 Å². The summed E-state index contributed by atoms with van der Waals surface area (Å²) in [5, 5.41) is -0.581. The Morgan fingerprint density at radius 3 is 2.10 bits per heavy atom. The van der Waals surface area contributed by atoms with Crippen LogP contribution < -0.4 is 4.72 Å². The number of nitrogens with zero attached hydrogens (tertiary/aromatic N) is 1. The van der Waals surface area contributed by atoms with Crippen LogP contribution in [0, 0.1) is 6.57 Å². The molecule has 0 radical (unpaired) electrons. The van der Waals surface area contributed by atoms with Gasteiger partial charge in [0.05, 0.1) is 23.3 Å². The van der Waals surface area contributed by atoms with Gasteiger partial charge in [-0.3, -0.25) is 0 Å². The van der Waals surface area contributed by atoms with Gasteiger partial charge in [-0.05, 0) is 37.0 Å². The number of rotatable bonds is 5. The summed E-state index contributed by atoms with van der Waals surface area (Å²) in [4.78, 5) is 3.38. The lowest BCUT2D eigenvalue weighted by molar-refractivity contribution is 0.462. The highest BCUT2D eigenvalue weighted by Crippen LogP contribution is 2.31. The molecule has 3 rings (SSSR count). The number of hydrogen-bond acceptors (Lipinski definition) is 4. The molecule has 29 heavy (non-hydrogen) atoms. The summed E-state index contributed by atoms with van der Waals surface area (Å²) in [7, 11) is -6.72. The predicted molar refractivity (Wildman–Crippen MR) is 115 cm³/mol. The highest BCUT2D eigenvalue weighted by molar-refractivity contribution is 7.91. The molecule has 2 unspecified atom stereocenters. The zero-order chi connectivity index (χ0) is 21.2. The minimum atomic E-state index is -3.50. The van der Waals surface area contributed by atoms with Crippen LogP contribution in [-0.2, 0) is 19.9 Å². The van der Waals surface area contributed by atoms with E-state index in [1.807, 2.05) is 36.4 Å². The summed E-state index contributed by atoms with van der Waals surface area (Å²) in [5.74, 6) is -0.516. The van der Waals surface area contributed by atoms with E-state index in [4.69, 9.17) is 6.57 Å². The first-order chi connectivity index (χ1) is 13.6. The molecule has 1 N–H and O–H groups in total. The molecule has 154 valence electrons. The smallest absolute Gasteiger partial charge is 0.214 e. The molecule has 1 aliphatic heterocycles. The zero-order valence-electron chi connectivity index (χ0n) is 16.4. The summed E-state index contributed by atoms with van der Waals surface area (Å²) in [6.45, 7) is 10.2. The summed E-state index contributed by atoms with van der Waals surface area (Å²) >= 11 is 0. The predicted octanol–water partition coefficient (Wildman–Crippen LogP) is 3.50. The van der Waals surface area contributed by atoms with Crippen molar-refractivity contribution in [1.82, 2.24) is 4.72 Å². The van der Waals surface area contributed by atoms with Crippen LogP contribution in [0.5, 0.6) is 0 Å². The lowest BCUT2D eigenvalue weighted by Crippen LogP contribution is -2.48. The molecule has 0 bridgehead atoms. The van der Waals surface area contributed by atoms with Crippen LogP contribution in [0.25, 0.3) is 16.0 Å². The maximum absolute atomic E-state index is 12.3. The van der Waals surface area contributed by atoms with Crippen LogP contribution in [0.1, 0.15) is 31.7 Å². The van der Waals surface area contributed by atoms with E-state index in [0.29, 0.717) is 5.69 Å². The zero-order valence-corrected chi connectivity index (χ0v) is 18.0. The Balaban J connectivity index is 1.89. The van der Waals surface area contributed by atoms with Crippen molar-refractivity contribution >= 4 is 25.5 Å². The van der Waals surface area contributed by atoms with E-state index in [1.165, 1.54) is 0 Å². The second-order valence-electron chi connectivity index (χ2n) is 7.61. The van der Waals surface area contributed by atoms with Gasteiger partial charge in [-0.2, -0.15) is 0 Å². The molecule has 1 heterocycles. The summed E-state index contributed by atoms with van der Waals surface area (Å²) in [5.41, 5.74) is 3.27. The minimum absolute atomic E-state index is 0.0136. The molecule has 0 saturated carbocycles. The van der Waals surface area contributed by atoms with Crippen molar-refractivity contribution in [1.29, 1.82) is 0 Å². The molecule has 0 aromatic heterocycles. The fraction of sp³-hybridized carbons (Fsp3) is 0.381. The average Bonchev–Trinajstić information content (AvgIpc) is 2.69. The largest absolute Gasteiger partial charge is 0.238 e. The van der Waals surface area contributed by atoms with Gasteiger partial charge in [-0.25, -0.2) is 26.4 Å². The van der Waals surface area contributed by atoms with Gasteiger partial charge in [0.25, 0.3) is 0 Å². The quantitative estimate of drug-likeness (QED) is 0.733. The van der Waals surface area contributed by atoms with Gasteiger partial charge in [0.15, 0.2) is 15.5 Å². The van der Waals surface area contributed by atoms with Gasteiger partial charge in [0.1, 0.15) is 0 Å². The molecular formula is C21H24N2O4S2. The number of nitrogens with one attached hydrogen (secondary N) is 1. The molecule has 0 aliphatic carbocycles. The first-order valence-electron chi connectivity index (χ1n) is 9.41. The molecule has 8 heteroatoms. The number of hydrogen-bond donors (Lipinski definition) is 1. The lowest BCUT2D eigenvalue weighted by Gasteiger charge is -2.32. The maximum atomic E-state index is 12.3. The van der Waals surface area contributed by atoms with E-state index in [0.717, 1.165) is 16.7 Å². The minimum Gasteiger partial charge on any atom is -0.238 e. The molecule has 2 aromatic rings. The van der Waals surface area contributed by atoms with E-state index >= 15 is 0 Å². The van der Waals surface area contributed by atoms with Crippen molar-refractivity contribution in [3.05, 3.63) is 65.5 Å². The van der Waals surface area contributed by atoms with Crippen molar-refractivity contribution in [2.75, 3.05) is 11.5 Å². The summed E-state index contributed by atoms with van der Waals surface area (Å²) in [6.07, 6.45) is 0.263. The maximum Gasteiger partial charge on any atom is 0.214 e. The molecule has 6 nitrogen and oxygen atoms in total. The highest BCUT2D eigenvalue weighted by atomic mass is 32.2. The third-order valence-electron chi connectivity index (χ3n) is 5.26. The Morgan fingerprint density at radius 2 is 1.59 bits per heavy atom. The second kappa shape index (κ2) is 8.27. The number of sulfone groups is 1. The molecule has 1 aliphatic rings. The molecular weight excluding hydrogens is 408 g/mol. The van der Waals surface area contributed by atoms with Crippen LogP contribution in [0.4, 0.5) is 5.69 Å². The van der Waals surface area contributed by atoms with E-state index in [2.05, 4.69) is 9.57 Å². The molecule has 2 aromatic carbocycles. The van der Waals surface area contributed by atoms with Gasteiger partial charge >= 0.3 is 0 Å². The first kappa shape index (κ1) is 21.5. The third kappa shape index (κ3) is 5.04. The van der Waals surface area contributed by atoms with E-state index in [9.17, 15) is 16.8 Å². The van der Waals surface area contributed by atoms with Crippen molar-refractivity contribution < 1.29 is 16.8 Å².